The molecule has 0 bridgehead atoms. The average molecular weight is 379 g/mol. The van der Waals surface area contributed by atoms with Crippen LogP contribution in [0.4, 0.5) is 0 Å². The Balaban J connectivity index is 1.56. The van der Waals surface area contributed by atoms with E-state index in [0.29, 0.717) is 25.3 Å². The second-order valence-electron chi connectivity index (χ2n) is 7.49. The van der Waals surface area contributed by atoms with Crippen LogP contribution < -0.4 is 5.32 Å². The average Bonchev–Trinajstić information content (AvgIpc) is 3.42. The fourth-order valence-electron chi connectivity index (χ4n) is 4.66. The topological polar surface area (TPSA) is 90.4 Å². The van der Waals surface area contributed by atoms with Crippen LogP contribution in [0.3, 0.4) is 0 Å². The number of Topliss-reactive ketones (excluding diaryl/α,β-unsaturated/α-hetero) is 2. The molecule has 1 N–H and O–H groups in total. The molecular weight excluding hydrogens is 358 g/mol. The van der Waals surface area contributed by atoms with Gasteiger partial charge in [0.1, 0.15) is 0 Å². The highest BCUT2D eigenvalue weighted by molar-refractivity contribution is 6.43. The molecule has 4 unspecified atom stereocenters. The van der Waals surface area contributed by atoms with E-state index in [-0.39, 0.29) is 6.61 Å². The number of nitrogens with one attached hydrogen (secondary N) is 1. The number of rotatable bonds is 3. The summed E-state index contributed by atoms with van der Waals surface area (Å²) in [7, 11) is 0. The molecule has 1 aromatic heterocycles. The number of hydrogen-bond acceptors (Lipinski definition) is 7. The van der Waals surface area contributed by atoms with Gasteiger partial charge in [-0.3, -0.25) is 19.6 Å². The molecule has 4 heterocycles. The third-order valence-electron chi connectivity index (χ3n) is 6.02. The monoisotopic (exact) mass is 379 g/mol. The number of hydrogen-bond donors (Lipinski definition) is 1. The molecule has 28 heavy (non-hydrogen) atoms. The number of benzene rings is 1. The molecule has 1 aromatic carbocycles. The number of ketones is 2. The van der Waals surface area contributed by atoms with Crippen molar-refractivity contribution in [3.8, 4) is 0 Å². The largest absolute Gasteiger partial charge is 0.375 e. The molecule has 0 amide bonds. The van der Waals surface area contributed by atoms with Gasteiger partial charge in [0.2, 0.25) is 11.6 Å². The predicted octanol–water partition coefficient (Wildman–Crippen LogP) is 1.49. The SMILES string of the molecule is O=C1C(=O)C(C2CCCO2)(C2NCc3ccccc32)OCC1c1cnccn1. The van der Waals surface area contributed by atoms with Crippen molar-refractivity contribution < 1.29 is 19.1 Å². The second kappa shape index (κ2) is 6.84. The zero-order chi connectivity index (χ0) is 19.1. The van der Waals surface area contributed by atoms with Crippen molar-refractivity contribution in [2.45, 2.75) is 43.1 Å². The molecule has 7 nitrogen and oxygen atoms in total. The first-order chi connectivity index (χ1) is 13.7. The van der Waals surface area contributed by atoms with Gasteiger partial charge in [0, 0.05) is 31.7 Å². The fourth-order valence-corrected chi connectivity index (χ4v) is 4.66. The van der Waals surface area contributed by atoms with E-state index < -0.39 is 35.2 Å². The number of ether oxygens (including phenoxy) is 2. The van der Waals surface area contributed by atoms with Gasteiger partial charge < -0.3 is 14.8 Å². The molecule has 3 aliphatic rings. The fraction of sp³-hybridized carbons (Fsp3) is 0.429. The van der Waals surface area contributed by atoms with E-state index in [4.69, 9.17) is 9.47 Å². The highest BCUT2D eigenvalue weighted by Crippen LogP contribution is 2.45. The van der Waals surface area contributed by atoms with Crippen LogP contribution in [0, 0.1) is 0 Å². The lowest BCUT2D eigenvalue weighted by atomic mass is 9.74. The minimum atomic E-state index is -1.35. The summed E-state index contributed by atoms with van der Waals surface area (Å²) in [6.07, 6.45) is 5.66. The summed E-state index contributed by atoms with van der Waals surface area (Å²) in [5.74, 6) is -1.74. The maximum Gasteiger partial charge on any atom is 0.235 e. The third-order valence-corrected chi connectivity index (χ3v) is 6.02. The van der Waals surface area contributed by atoms with E-state index in [1.54, 1.807) is 0 Å². The minimum Gasteiger partial charge on any atom is -0.375 e. The summed E-state index contributed by atoms with van der Waals surface area (Å²) in [5, 5.41) is 3.41. The van der Waals surface area contributed by atoms with Gasteiger partial charge in [-0.25, -0.2) is 0 Å². The van der Waals surface area contributed by atoms with Gasteiger partial charge in [0.25, 0.3) is 0 Å². The number of carbonyl (C=O) groups excluding carboxylic acids is 2. The Bertz CT molecular complexity index is 913. The molecule has 0 spiro atoms. The van der Waals surface area contributed by atoms with Gasteiger partial charge in [-0.2, -0.15) is 0 Å². The van der Waals surface area contributed by atoms with Crippen LogP contribution in [-0.4, -0.2) is 46.5 Å². The molecular formula is C21H21N3O4. The molecule has 3 aliphatic heterocycles. The van der Waals surface area contributed by atoms with E-state index in [9.17, 15) is 9.59 Å². The lowest BCUT2D eigenvalue weighted by Crippen LogP contribution is -2.64. The Kier molecular flexibility index (Phi) is 4.30. The maximum atomic E-state index is 13.6. The second-order valence-corrected chi connectivity index (χ2v) is 7.49. The van der Waals surface area contributed by atoms with Crippen molar-refractivity contribution in [3.63, 3.8) is 0 Å². The van der Waals surface area contributed by atoms with Gasteiger partial charge in [-0.05, 0) is 24.0 Å². The number of nitrogens with zero attached hydrogens (tertiary/aromatic N) is 2. The van der Waals surface area contributed by atoms with Crippen LogP contribution in [0.2, 0.25) is 0 Å². The smallest absolute Gasteiger partial charge is 0.235 e. The van der Waals surface area contributed by atoms with E-state index >= 15 is 0 Å². The Labute approximate surface area is 162 Å². The summed E-state index contributed by atoms with van der Waals surface area (Å²) in [4.78, 5) is 35.0. The zero-order valence-electron chi connectivity index (χ0n) is 15.3. The Morgan fingerprint density at radius 3 is 2.86 bits per heavy atom. The van der Waals surface area contributed by atoms with Crippen molar-refractivity contribution in [2.75, 3.05) is 13.2 Å². The van der Waals surface area contributed by atoms with E-state index in [2.05, 4.69) is 15.3 Å². The predicted molar refractivity (Wildman–Crippen MR) is 98.5 cm³/mol. The summed E-state index contributed by atoms with van der Waals surface area (Å²) in [6, 6.07) is 7.53. The molecule has 144 valence electrons. The molecule has 0 radical (unpaired) electrons. The lowest BCUT2D eigenvalue weighted by Gasteiger charge is -2.45. The third kappa shape index (κ3) is 2.54. The van der Waals surface area contributed by atoms with Gasteiger partial charge in [0.15, 0.2) is 5.60 Å². The van der Waals surface area contributed by atoms with Gasteiger partial charge in [-0.1, -0.05) is 24.3 Å². The van der Waals surface area contributed by atoms with Crippen molar-refractivity contribution in [2.24, 2.45) is 0 Å². The van der Waals surface area contributed by atoms with Gasteiger partial charge >= 0.3 is 0 Å². The molecule has 2 fully saturated rings. The van der Waals surface area contributed by atoms with Crippen LogP contribution in [-0.2, 0) is 25.6 Å². The van der Waals surface area contributed by atoms with Crippen LogP contribution in [0.15, 0.2) is 42.9 Å². The highest BCUT2D eigenvalue weighted by atomic mass is 16.6. The Morgan fingerprint density at radius 1 is 1.18 bits per heavy atom. The molecule has 4 atom stereocenters. The van der Waals surface area contributed by atoms with Crippen molar-refractivity contribution in [1.82, 2.24) is 15.3 Å². The van der Waals surface area contributed by atoms with Gasteiger partial charge in [-0.15, -0.1) is 0 Å². The summed E-state index contributed by atoms with van der Waals surface area (Å²) in [6.45, 7) is 1.29. The van der Waals surface area contributed by atoms with Crippen LogP contribution in [0.25, 0.3) is 0 Å². The minimum absolute atomic E-state index is 0.0868. The summed E-state index contributed by atoms with van der Waals surface area (Å²) in [5.41, 5.74) is 1.22. The number of fused-ring (bicyclic) bond motifs is 1. The summed E-state index contributed by atoms with van der Waals surface area (Å²) >= 11 is 0. The first-order valence-electron chi connectivity index (χ1n) is 9.63. The standard InChI is InChI=1S/C21H21N3O4/c25-18-15(16-11-22-7-8-23-16)12-28-21(20(18)26,17-6-3-9-27-17)19-14-5-2-1-4-13(14)10-24-19/h1-2,4-5,7-8,11,15,17,19,24H,3,6,9-10,12H2. The molecule has 5 rings (SSSR count). The first-order valence-corrected chi connectivity index (χ1v) is 9.63. The molecule has 7 heteroatoms. The normalized spacial score (nSPS) is 32.5. The quantitative estimate of drug-likeness (QED) is 0.808. The molecule has 2 saturated heterocycles. The molecule has 0 saturated carbocycles. The molecule has 2 aromatic rings. The van der Waals surface area contributed by atoms with Crippen molar-refractivity contribution >= 4 is 11.6 Å². The van der Waals surface area contributed by atoms with Crippen molar-refractivity contribution in [3.05, 3.63) is 59.7 Å². The van der Waals surface area contributed by atoms with Crippen LogP contribution in [0.1, 0.15) is 41.6 Å². The first kappa shape index (κ1) is 17.6. The van der Waals surface area contributed by atoms with E-state index in [1.165, 1.54) is 18.6 Å². The van der Waals surface area contributed by atoms with Gasteiger partial charge in [0.05, 0.1) is 30.4 Å². The van der Waals surface area contributed by atoms with E-state index in [1.807, 2.05) is 24.3 Å². The zero-order valence-corrected chi connectivity index (χ0v) is 15.3. The number of aromatic nitrogens is 2. The van der Waals surface area contributed by atoms with E-state index in [0.717, 1.165) is 17.5 Å². The number of carbonyl (C=O) groups is 2. The van der Waals surface area contributed by atoms with Crippen LogP contribution in [0.5, 0.6) is 0 Å². The Morgan fingerprint density at radius 2 is 2.07 bits per heavy atom. The highest BCUT2D eigenvalue weighted by Gasteiger charge is 2.61. The summed E-state index contributed by atoms with van der Waals surface area (Å²) < 4.78 is 12.2. The Hall–Kier alpha value is -2.48. The maximum absolute atomic E-state index is 13.6. The van der Waals surface area contributed by atoms with Crippen LogP contribution >= 0.6 is 0 Å². The molecule has 0 aliphatic carbocycles. The van der Waals surface area contributed by atoms with Crippen molar-refractivity contribution in [1.29, 1.82) is 0 Å². The lowest BCUT2D eigenvalue weighted by molar-refractivity contribution is -0.188.